The van der Waals surface area contributed by atoms with E-state index in [1.165, 1.54) is 0 Å². The fourth-order valence-electron chi connectivity index (χ4n) is 4.80. The van der Waals surface area contributed by atoms with Gasteiger partial charge in [-0.2, -0.15) is 0 Å². The zero-order valence-electron chi connectivity index (χ0n) is 21.6. The van der Waals surface area contributed by atoms with Gasteiger partial charge in [0.15, 0.2) is 5.78 Å². The Kier molecular flexibility index (Phi) is 10.4. The molecule has 2 aromatic rings. The van der Waals surface area contributed by atoms with E-state index in [4.69, 9.17) is 9.47 Å². The summed E-state index contributed by atoms with van der Waals surface area (Å²) in [5.74, 6) is 1.60. The molecule has 0 bridgehead atoms. The van der Waals surface area contributed by atoms with Crippen molar-refractivity contribution in [2.24, 2.45) is 0 Å². The van der Waals surface area contributed by atoms with Gasteiger partial charge in [-0.05, 0) is 81.7 Å². The van der Waals surface area contributed by atoms with E-state index in [-0.39, 0.29) is 5.78 Å². The predicted molar refractivity (Wildman–Crippen MR) is 140 cm³/mol. The van der Waals surface area contributed by atoms with Crippen molar-refractivity contribution >= 4 is 5.78 Å². The third kappa shape index (κ3) is 6.61. The van der Waals surface area contributed by atoms with Crippen LogP contribution < -0.4 is 9.47 Å². The fourth-order valence-corrected chi connectivity index (χ4v) is 4.80. The first-order valence-corrected chi connectivity index (χ1v) is 13.1. The molecule has 0 spiro atoms. The Balaban J connectivity index is 1.68. The van der Waals surface area contributed by atoms with Crippen LogP contribution in [0.25, 0.3) is 11.1 Å². The Labute approximate surface area is 206 Å². The van der Waals surface area contributed by atoms with E-state index in [1.54, 1.807) is 0 Å². The molecule has 0 aliphatic heterocycles. The van der Waals surface area contributed by atoms with Gasteiger partial charge in [0.05, 0.1) is 0 Å². The highest BCUT2D eigenvalue weighted by atomic mass is 16.5. The van der Waals surface area contributed by atoms with Crippen molar-refractivity contribution in [3.05, 3.63) is 47.5 Å². The highest BCUT2D eigenvalue weighted by molar-refractivity contribution is 6.22. The SMILES string of the molecule is CCCN(CCC)CCOc1ccc2c(c1)C(=O)c1cccc(OCCN(CCC)CCC)c1-2. The molecule has 5 heteroatoms. The van der Waals surface area contributed by atoms with E-state index >= 15 is 0 Å². The standard InChI is InChI=1S/C29H42N2O3/c1-5-14-30(15-6-2)18-20-33-23-12-13-24-26(22-23)29(32)25-10-9-11-27(28(24)25)34-21-19-31(16-7-3)17-8-4/h9-13,22H,5-8,14-21H2,1-4H3. The third-order valence-corrected chi connectivity index (χ3v) is 6.28. The summed E-state index contributed by atoms with van der Waals surface area (Å²) in [5.41, 5.74) is 3.30. The van der Waals surface area contributed by atoms with Gasteiger partial charge in [0, 0.05) is 29.8 Å². The van der Waals surface area contributed by atoms with Crippen LogP contribution in [-0.4, -0.2) is 68.1 Å². The number of rotatable bonds is 16. The fraction of sp³-hybridized carbons (Fsp3) is 0.552. The minimum Gasteiger partial charge on any atom is -0.492 e. The first-order valence-electron chi connectivity index (χ1n) is 13.1. The van der Waals surface area contributed by atoms with Crippen molar-refractivity contribution in [3.63, 3.8) is 0 Å². The zero-order chi connectivity index (χ0) is 24.3. The molecule has 0 N–H and O–H groups in total. The maximum absolute atomic E-state index is 13.2. The average Bonchev–Trinajstić information content (AvgIpc) is 3.12. The van der Waals surface area contributed by atoms with E-state index in [9.17, 15) is 4.79 Å². The topological polar surface area (TPSA) is 42.0 Å². The zero-order valence-corrected chi connectivity index (χ0v) is 21.6. The van der Waals surface area contributed by atoms with Gasteiger partial charge in [-0.25, -0.2) is 0 Å². The molecule has 1 aliphatic rings. The summed E-state index contributed by atoms with van der Waals surface area (Å²) < 4.78 is 12.3. The molecule has 34 heavy (non-hydrogen) atoms. The molecule has 0 unspecified atom stereocenters. The van der Waals surface area contributed by atoms with Crippen LogP contribution in [0.2, 0.25) is 0 Å². The quantitative estimate of drug-likeness (QED) is 0.263. The summed E-state index contributed by atoms with van der Waals surface area (Å²) in [4.78, 5) is 18.0. The number of ether oxygens (including phenoxy) is 2. The maximum atomic E-state index is 13.2. The molecule has 1 aliphatic carbocycles. The van der Waals surface area contributed by atoms with Crippen LogP contribution in [0.1, 0.15) is 69.3 Å². The van der Waals surface area contributed by atoms with E-state index in [1.807, 2.05) is 36.4 Å². The number of nitrogens with zero attached hydrogens (tertiary/aromatic N) is 2. The van der Waals surface area contributed by atoms with Crippen molar-refractivity contribution < 1.29 is 14.3 Å². The molecule has 5 nitrogen and oxygen atoms in total. The smallest absolute Gasteiger partial charge is 0.194 e. The first-order chi connectivity index (χ1) is 16.6. The van der Waals surface area contributed by atoms with Gasteiger partial charge in [0.2, 0.25) is 0 Å². The minimum absolute atomic E-state index is 0.0538. The highest BCUT2D eigenvalue weighted by Crippen LogP contribution is 2.43. The molecule has 3 rings (SSSR count). The lowest BCUT2D eigenvalue weighted by Gasteiger charge is -2.21. The lowest BCUT2D eigenvalue weighted by atomic mass is 10.0. The van der Waals surface area contributed by atoms with Crippen molar-refractivity contribution in [2.75, 3.05) is 52.5 Å². The second-order valence-corrected chi connectivity index (χ2v) is 9.10. The van der Waals surface area contributed by atoms with Crippen LogP contribution >= 0.6 is 0 Å². The van der Waals surface area contributed by atoms with E-state index in [0.29, 0.717) is 18.8 Å². The molecule has 0 fully saturated rings. The van der Waals surface area contributed by atoms with Gasteiger partial charge in [-0.15, -0.1) is 0 Å². The van der Waals surface area contributed by atoms with Crippen LogP contribution in [0.3, 0.4) is 0 Å². The molecule has 0 atom stereocenters. The van der Waals surface area contributed by atoms with Crippen LogP contribution in [-0.2, 0) is 0 Å². The summed E-state index contributed by atoms with van der Waals surface area (Å²) in [6.45, 7) is 16.2. The molecule has 0 saturated heterocycles. The van der Waals surface area contributed by atoms with Gasteiger partial charge < -0.3 is 9.47 Å². The number of fused-ring (bicyclic) bond motifs is 3. The molecule has 0 radical (unpaired) electrons. The molecule has 186 valence electrons. The lowest BCUT2D eigenvalue weighted by Crippen LogP contribution is -2.30. The molecule has 2 aromatic carbocycles. The van der Waals surface area contributed by atoms with Gasteiger partial charge in [-0.3, -0.25) is 14.6 Å². The molecule has 0 saturated carbocycles. The van der Waals surface area contributed by atoms with Gasteiger partial charge in [0.1, 0.15) is 24.7 Å². The van der Waals surface area contributed by atoms with Crippen molar-refractivity contribution in [3.8, 4) is 22.6 Å². The predicted octanol–water partition coefficient (Wildman–Crippen LogP) is 5.90. The van der Waals surface area contributed by atoms with Gasteiger partial charge >= 0.3 is 0 Å². The number of carbonyl (C=O) groups is 1. The summed E-state index contributed by atoms with van der Waals surface area (Å²) in [6, 6.07) is 11.7. The average molecular weight is 467 g/mol. The molecule has 0 heterocycles. The Morgan fingerprint density at radius 3 is 1.82 bits per heavy atom. The summed E-state index contributed by atoms with van der Waals surface area (Å²) in [5, 5.41) is 0. The molecule has 0 amide bonds. The second-order valence-electron chi connectivity index (χ2n) is 9.10. The van der Waals surface area contributed by atoms with E-state index in [0.717, 1.165) is 93.1 Å². The second kappa shape index (κ2) is 13.5. The van der Waals surface area contributed by atoms with Crippen molar-refractivity contribution in [1.82, 2.24) is 9.80 Å². The first kappa shape index (κ1) is 26.2. The van der Waals surface area contributed by atoms with E-state index in [2.05, 4.69) is 37.5 Å². The Morgan fingerprint density at radius 1 is 0.647 bits per heavy atom. The van der Waals surface area contributed by atoms with Crippen LogP contribution in [0, 0.1) is 0 Å². The molecular weight excluding hydrogens is 424 g/mol. The summed E-state index contributed by atoms with van der Waals surface area (Å²) in [7, 11) is 0. The monoisotopic (exact) mass is 466 g/mol. The number of ketones is 1. The van der Waals surface area contributed by atoms with Crippen molar-refractivity contribution in [2.45, 2.75) is 53.4 Å². The van der Waals surface area contributed by atoms with Crippen LogP contribution in [0.5, 0.6) is 11.5 Å². The summed E-state index contributed by atoms with van der Waals surface area (Å²) >= 11 is 0. The number of carbonyl (C=O) groups excluding carboxylic acids is 1. The van der Waals surface area contributed by atoms with Gasteiger partial charge in [0.25, 0.3) is 0 Å². The third-order valence-electron chi connectivity index (χ3n) is 6.28. The number of hydrogen-bond acceptors (Lipinski definition) is 5. The maximum Gasteiger partial charge on any atom is 0.194 e. The van der Waals surface area contributed by atoms with E-state index < -0.39 is 0 Å². The number of benzene rings is 2. The number of hydrogen-bond donors (Lipinski definition) is 0. The van der Waals surface area contributed by atoms with Gasteiger partial charge in [-0.1, -0.05) is 39.8 Å². The Bertz CT molecular complexity index is 916. The van der Waals surface area contributed by atoms with Crippen molar-refractivity contribution in [1.29, 1.82) is 0 Å². The molecular formula is C29H42N2O3. The normalized spacial score (nSPS) is 12.4. The molecule has 0 aromatic heterocycles. The largest absolute Gasteiger partial charge is 0.492 e. The highest BCUT2D eigenvalue weighted by Gasteiger charge is 2.30. The van der Waals surface area contributed by atoms with Crippen LogP contribution in [0.4, 0.5) is 0 Å². The minimum atomic E-state index is 0.0538. The lowest BCUT2D eigenvalue weighted by molar-refractivity contribution is 0.104. The Morgan fingerprint density at radius 2 is 1.24 bits per heavy atom. The van der Waals surface area contributed by atoms with Crippen LogP contribution in [0.15, 0.2) is 36.4 Å². The summed E-state index contributed by atoms with van der Waals surface area (Å²) in [6.07, 6.45) is 4.57. The Hall–Kier alpha value is -2.37.